The zero-order valence-corrected chi connectivity index (χ0v) is 11.8. The Kier molecular flexibility index (Phi) is 4.02. The summed E-state index contributed by atoms with van der Waals surface area (Å²) >= 11 is 0. The van der Waals surface area contributed by atoms with E-state index >= 15 is 0 Å². The Morgan fingerprint density at radius 3 is 2.48 bits per heavy atom. The minimum atomic E-state index is -0.472. The van der Waals surface area contributed by atoms with Gasteiger partial charge in [-0.3, -0.25) is 4.79 Å². The molecule has 2 N–H and O–H groups in total. The highest BCUT2D eigenvalue weighted by Crippen LogP contribution is 2.38. The Labute approximate surface area is 124 Å². The van der Waals surface area contributed by atoms with E-state index in [4.69, 9.17) is 0 Å². The number of amides is 1. The number of hydrogen-bond acceptors (Lipinski definition) is 2. The minimum Gasteiger partial charge on any atom is -0.388 e. The number of hydrogen-bond donors (Lipinski definition) is 2. The van der Waals surface area contributed by atoms with E-state index in [1.54, 1.807) is 0 Å². The molecule has 0 aromatic heterocycles. The predicted octanol–water partition coefficient (Wildman–Crippen LogP) is 2.91. The average Bonchev–Trinajstić information content (AvgIpc) is 2.83. The second kappa shape index (κ2) is 6.10. The highest BCUT2D eigenvalue weighted by Gasteiger charge is 2.29. The van der Waals surface area contributed by atoms with E-state index in [0.717, 1.165) is 17.5 Å². The second-order valence-corrected chi connectivity index (χ2v) is 5.49. The number of benzene rings is 2. The summed E-state index contributed by atoms with van der Waals surface area (Å²) in [6, 6.07) is 17.7. The van der Waals surface area contributed by atoms with Gasteiger partial charge in [-0.2, -0.15) is 0 Å². The summed E-state index contributed by atoms with van der Waals surface area (Å²) in [5.74, 6) is 0.0350. The fourth-order valence-corrected chi connectivity index (χ4v) is 2.91. The molecular formula is C18H19NO2. The average molecular weight is 281 g/mol. The van der Waals surface area contributed by atoms with Crippen LogP contribution in [-0.2, 0) is 11.2 Å². The van der Waals surface area contributed by atoms with E-state index in [1.165, 1.54) is 5.56 Å². The van der Waals surface area contributed by atoms with Crippen molar-refractivity contribution < 1.29 is 9.90 Å². The first kappa shape index (κ1) is 13.8. The molecule has 2 aromatic rings. The number of fused-ring (bicyclic) bond motifs is 1. The summed E-state index contributed by atoms with van der Waals surface area (Å²) < 4.78 is 0. The lowest BCUT2D eigenvalue weighted by atomic mass is 10.1. The molecule has 0 bridgehead atoms. The third-order valence-electron chi connectivity index (χ3n) is 4.01. The summed E-state index contributed by atoms with van der Waals surface area (Å²) in [5, 5.41) is 13.1. The van der Waals surface area contributed by atoms with Gasteiger partial charge in [-0.15, -0.1) is 0 Å². The fraction of sp³-hybridized carbons (Fsp3) is 0.278. The van der Waals surface area contributed by atoms with Crippen LogP contribution in [0.5, 0.6) is 0 Å². The van der Waals surface area contributed by atoms with E-state index in [1.807, 2.05) is 54.6 Å². The van der Waals surface area contributed by atoms with Gasteiger partial charge in [0, 0.05) is 12.8 Å². The van der Waals surface area contributed by atoms with Gasteiger partial charge in [0.05, 0.1) is 12.1 Å². The van der Waals surface area contributed by atoms with Crippen LogP contribution in [0.4, 0.5) is 0 Å². The molecule has 2 unspecified atom stereocenters. The molecule has 0 aliphatic heterocycles. The van der Waals surface area contributed by atoms with E-state index in [9.17, 15) is 9.90 Å². The van der Waals surface area contributed by atoms with Crippen LogP contribution < -0.4 is 5.32 Å². The standard InChI is InChI=1S/C18H19NO2/c20-17-12-16(14-8-4-5-9-15(14)17)19-18(21)11-10-13-6-2-1-3-7-13/h1-9,16-17,20H,10-12H2,(H,19,21). The predicted molar refractivity (Wildman–Crippen MR) is 81.7 cm³/mol. The maximum atomic E-state index is 12.1. The van der Waals surface area contributed by atoms with Crippen LogP contribution in [0.1, 0.15) is 41.7 Å². The van der Waals surface area contributed by atoms with Gasteiger partial charge in [-0.05, 0) is 23.1 Å². The first-order valence-electron chi connectivity index (χ1n) is 7.34. The van der Waals surface area contributed by atoms with Crippen LogP contribution in [-0.4, -0.2) is 11.0 Å². The number of aryl methyl sites for hydroxylation is 1. The molecule has 0 fully saturated rings. The van der Waals surface area contributed by atoms with Gasteiger partial charge in [-0.1, -0.05) is 54.6 Å². The molecule has 3 rings (SSSR count). The van der Waals surface area contributed by atoms with Crippen molar-refractivity contribution in [2.75, 3.05) is 0 Å². The van der Waals surface area contributed by atoms with Crippen LogP contribution >= 0.6 is 0 Å². The Hall–Kier alpha value is -2.13. The van der Waals surface area contributed by atoms with Gasteiger partial charge in [0.2, 0.25) is 5.91 Å². The van der Waals surface area contributed by atoms with Gasteiger partial charge < -0.3 is 10.4 Å². The normalized spacial score (nSPS) is 20.0. The van der Waals surface area contributed by atoms with Crippen molar-refractivity contribution in [3.63, 3.8) is 0 Å². The molecule has 0 spiro atoms. The van der Waals surface area contributed by atoms with Crippen molar-refractivity contribution in [1.29, 1.82) is 0 Å². The van der Waals surface area contributed by atoms with Gasteiger partial charge in [-0.25, -0.2) is 0 Å². The molecule has 0 saturated carbocycles. The topological polar surface area (TPSA) is 49.3 Å². The monoisotopic (exact) mass is 281 g/mol. The highest BCUT2D eigenvalue weighted by atomic mass is 16.3. The molecule has 1 aliphatic rings. The summed E-state index contributed by atoms with van der Waals surface area (Å²) in [7, 11) is 0. The Balaban J connectivity index is 1.59. The molecule has 2 aromatic carbocycles. The van der Waals surface area contributed by atoms with Gasteiger partial charge in [0.15, 0.2) is 0 Å². The quantitative estimate of drug-likeness (QED) is 0.905. The van der Waals surface area contributed by atoms with Crippen molar-refractivity contribution in [2.24, 2.45) is 0 Å². The summed E-state index contributed by atoms with van der Waals surface area (Å²) in [4.78, 5) is 12.1. The van der Waals surface area contributed by atoms with Crippen LogP contribution in [0, 0.1) is 0 Å². The maximum absolute atomic E-state index is 12.1. The third kappa shape index (κ3) is 3.14. The van der Waals surface area contributed by atoms with E-state index < -0.39 is 6.10 Å². The minimum absolute atomic E-state index is 0.0350. The van der Waals surface area contributed by atoms with E-state index in [2.05, 4.69) is 5.32 Å². The smallest absolute Gasteiger partial charge is 0.220 e. The molecule has 1 amide bonds. The Morgan fingerprint density at radius 1 is 1.05 bits per heavy atom. The zero-order chi connectivity index (χ0) is 14.7. The summed E-state index contributed by atoms with van der Waals surface area (Å²) in [5.41, 5.74) is 3.14. The van der Waals surface area contributed by atoms with Crippen molar-refractivity contribution in [2.45, 2.75) is 31.4 Å². The first-order chi connectivity index (χ1) is 10.2. The maximum Gasteiger partial charge on any atom is 0.220 e. The van der Waals surface area contributed by atoms with E-state index in [-0.39, 0.29) is 11.9 Å². The molecule has 3 heteroatoms. The SMILES string of the molecule is O=C(CCc1ccccc1)NC1CC(O)c2ccccc21. The summed E-state index contributed by atoms with van der Waals surface area (Å²) in [6.45, 7) is 0. The van der Waals surface area contributed by atoms with Crippen molar-refractivity contribution in [3.8, 4) is 0 Å². The molecular weight excluding hydrogens is 262 g/mol. The molecule has 3 nitrogen and oxygen atoms in total. The van der Waals surface area contributed by atoms with Crippen molar-refractivity contribution in [1.82, 2.24) is 5.32 Å². The van der Waals surface area contributed by atoms with Gasteiger partial charge in [0.1, 0.15) is 0 Å². The van der Waals surface area contributed by atoms with Crippen LogP contribution in [0.15, 0.2) is 54.6 Å². The lowest BCUT2D eigenvalue weighted by molar-refractivity contribution is -0.121. The third-order valence-corrected chi connectivity index (χ3v) is 4.01. The van der Waals surface area contributed by atoms with E-state index in [0.29, 0.717) is 12.8 Å². The Morgan fingerprint density at radius 2 is 1.71 bits per heavy atom. The van der Waals surface area contributed by atoms with Crippen LogP contribution in [0.25, 0.3) is 0 Å². The van der Waals surface area contributed by atoms with Gasteiger partial charge >= 0.3 is 0 Å². The van der Waals surface area contributed by atoms with Crippen LogP contribution in [0.3, 0.4) is 0 Å². The fourth-order valence-electron chi connectivity index (χ4n) is 2.91. The molecule has 0 heterocycles. The first-order valence-corrected chi connectivity index (χ1v) is 7.34. The lowest BCUT2D eigenvalue weighted by Crippen LogP contribution is -2.27. The Bertz CT molecular complexity index is 624. The largest absolute Gasteiger partial charge is 0.388 e. The highest BCUT2D eigenvalue weighted by molar-refractivity contribution is 5.77. The van der Waals surface area contributed by atoms with Crippen molar-refractivity contribution in [3.05, 3.63) is 71.3 Å². The number of carbonyl (C=O) groups is 1. The number of nitrogens with one attached hydrogen (secondary N) is 1. The number of rotatable bonds is 4. The second-order valence-electron chi connectivity index (χ2n) is 5.49. The summed E-state index contributed by atoms with van der Waals surface area (Å²) in [6.07, 6.45) is 1.30. The molecule has 0 saturated heterocycles. The number of carbonyl (C=O) groups excluding carboxylic acids is 1. The molecule has 108 valence electrons. The lowest BCUT2D eigenvalue weighted by Gasteiger charge is -2.14. The molecule has 1 aliphatic carbocycles. The zero-order valence-electron chi connectivity index (χ0n) is 11.8. The van der Waals surface area contributed by atoms with Gasteiger partial charge in [0.25, 0.3) is 0 Å². The number of aliphatic hydroxyl groups excluding tert-OH is 1. The molecule has 0 radical (unpaired) electrons. The molecule has 2 atom stereocenters. The molecule has 21 heavy (non-hydrogen) atoms. The van der Waals surface area contributed by atoms with Crippen LogP contribution in [0.2, 0.25) is 0 Å². The number of aliphatic hydroxyl groups is 1. The van der Waals surface area contributed by atoms with Crippen molar-refractivity contribution >= 4 is 5.91 Å².